The summed E-state index contributed by atoms with van der Waals surface area (Å²) in [5, 5.41) is 5.59. The zero-order valence-electron chi connectivity index (χ0n) is 11.2. The minimum atomic E-state index is -0.315. The largest absolute Gasteiger partial charge is 0.322 e. The van der Waals surface area contributed by atoms with Crippen molar-refractivity contribution in [1.29, 1.82) is 0 Å². The normalized spacial score (nSPS) is 11.9. The average Bonchev–Trinajstić information content (AvgIpc) is 2.82. The number of fused-ring (bicyclic) bond motifs is 1. The van der Waals surface area contributed by atoms with Gasteiger partial charge in [-0.15, -0.1) is 0 Å². The maximum Gasteiger partial charge on any atom is 0.0741 e. The summed E-state index contributed by atoms with van der Waals surface area (Å²) in [5.41, 5.74) is 9.06. The summed E-state index contributed by atoms with van der Waals surface area (Å²) in [4.78, 5) is 0. The van der Waals surface area contributed by atoms with Crippen molar-refractivity contribution in [3.63, 3.8) is 0 Å². The van der Waals surface area contributed by atoms with Crippen LogP contribution < -0.4 is 5.73 Å². The van der Waals surface area contributed by atoms with Gasteiger partial charge in [-0.25, -0.2) is 4.68 Å². The van der Waals surface area contributed by atoms with Crippen molar-refractivity contribution in [1.82, 2.24) is 9.78 Å². The first-order valence-corrected chi connectivity index (χ1v) is 6.38. The molecule has 3 rings (SSSR count). The molecule has 0 atom stereocenters. The van der Waals surface area contributed by atoms with E-state index in [0.717, 1.165) is 22.2 Å². The maximum absolute atomic E-state index is 6.09. The van der Waals surface area contributed by atoms with Gasteiger partial charge in [0.2, 0.25) is 0 Å². The SMILES string of the molecule is CC(C)(N)c1ccc(-n2ncc3ccccc32)cc1. The third kappa shape index (κ3) is 2.13. The second kappa shape index (κ2) is 4.21. The Morgan fingerprint density at radius 1 is 1.00 bits per heavy atom. The van der Waals surface area contributed by atoms with E-state index in [-0.39, 0.29) is 5.54 Å². The van der Waals surface area contributed by atoms with Crippen LogP contribution in [0.3, 0.4) is 0 Å². The van der Waals surface area contributed by atoms with Gasteiger partial charge in [-0.3, -0.25) is 0 Å². The van der Waals surface area contributed by atoms with Gasteiger partial charge < -0.3 is 5.73 Å². The summed E-state index contributed by atoms with van der Waals surface area (Å²) in [6, 6.07) is 16.4. The van der Waals surface area contributed by atoms with E-state index < -0.39 is 0 Å². The van der Waals surface area contributed by atoms with Gasteiger partial charge in [0.05, 0.1) is 17.4 Å². The molecule has 2 N–H and O–H groups in total. The fourth-order valence-electron chi connectivity index (χ4n) is 2.21. The molecule has 0 saturated heterocycles. The molecule has 0 amide bonds. The monoisotopic (exact) mass is 251 g/mol. The highest BCUT2D eigenvalue weighted by molar-refractivity contribution is 5.80. The number of benzene rings is 2. The van der Waals surface area contributed by atoms with E-state index in [1.54, 1.807) is 0 Å². The van der Waals surface area contributed by atoms with Crippen LogP contribution in [0.25, 0.3) is 16.6 Å². The Kier molecular flexibility index (Phi) is 2.64. The van der Waals surface area contributed by atoms with Crippen molar-refractivity contribution in [2.75, 3.05) is 0 Å². The number of hydrogen-bond donors (Lipinski definition) is 1. The molecule has 3 nitrogen and oxygen atoms in total. The molecule has 1 aromatic heterocycles. The van der Waals surface area contributed by atoms with Crippen molar-refractivity contribution in [2.24, 2.45) is 5.73 Å². The molecule has 0 unspecified atom stereocenters. The van der Waals surface area contributed by atoms with Crippen LogP contribution in [0.1, 0.15) is 19.4 Å². The highest BCUT2D eigenvalue weighted by Crippen LogP contribution is 2.21. The van der Waals surface area contributed by atoms with Crippen LogP contribution in [-0.4, -0.2) is 9.78 Å². The molecule has 2 aromatic carbocycles. The zero-order valence-corrected chi connectivity index (χ0v) is 11.2. The summed E-state index contributed by atoms with van der Waals surface area (Å²) in [6.45, 7) is 4.01. The van der Waals surface area contributed by atoms with Crippen LogP contribution in [0, 0.1) is 0 Å². The van der Waals surface area contributed by atoms with E-state index in [1.165, 1.54) is 0 Å². The Bertz CT molecular complexity index is 703. The summed E-state index contributed by atoms with van der Waals surface area (Å²) in [5.74, 6) is 0. The van der Waals surface area contributed by atoms with E-state index in [9.17, 15) is 0 Å². The Labute approximate surface area is 112 Å². The topological polar surface area (TPSA) is 43.8 Å². The maximum atomic E-state index is 6.09. The van der Waals surface area contributed by atoms with Gasteiger partial charge in [-0.2, -0.15) is 5.10 Å². The fourth-order valence-corrected chi connectivity index (χ4v) is 2.21. The van der Waals surface area contributed by atoms with Crippen molar-refractivity contribution < 1.29 is 0 Å². The summed E-state index contributed by atoms with van der Waals surface area (Å²) in [6.07, 6.45) is 1.89. The van der Waals surface area contributed by atoms with Gasteiger partial charge in [-0.1, -0.05) is 30.3 Å². The smallest absolute Gasteiger partial charge is 0.0741 e. The lowest BCUT2D eigenvalue weighted by Crippen LogP contribution is -2.28. The van der Waals surface area contributed by atoms with Gasteiger partial charge in [0.15, 0.2) is 0 Å². The Hall–Kier alpha value is -2.13. The molecule has 0 aliphatic rings. The van der Waals surface area contributed by atoms with Crippen LogP contribution in [0.2, 0.25) is 0 Å². The zero-order chi connectivity index (χ0) is 13.5. The number of rotatable bonds is 2. The molecule has 0 saturated carbocycles. The van der Waals surface area contributed by atoms with E-state index >= 15 is 0 Å². The summed E-state index contributed by atoms with van der Waals surface area (Å²) >= 11 is 0. The molecule has 3 aromatic rings. The molecular formula is C16H17N3. The average molecular weight is 251 g/mol. The molecule has 96 valence electrons. The fraction of sp³-hybridized carbons (Fsp3) is 0.188. The van der Waals surface area contributed by atoms with Crippen LogP contribution in [0.4, 0.5) is 0 Å². The third-order valence-electron chi connectivity index (χ3n) is 3.33. The van der Waals surface area contributed by atoms with E-state index in [0.29, 0.717) is 0 Å². The lowest BCUT2D eigenvalue weighted by molar-refractivity contribution is 0.554. The molecular weight excluding hydrogens is 234 g/mol. The number of nitrogens with zero attached hydrogens (tertiary/aromatic N) is 2. The van der Waals surface area contributed by atoms with E-state index in [4.69, 9.17) is 5.73 Å². The van der Waals surface area contributed by atoms with Gasteiger partial charge in [0, 0.05) is 10.9 Å². The van der Waals surface area contributed by atoms with Gasteiger partial charge in [0.1, 0.15) is 0 Å². The van der Waals surface area contributed by atoms with E-state index in [2.05, 4.69) is 41.5 Å². The first-order valence-electron chi connectivity index (χ1n) is 6.38. The predicted molar refractivity (Wildman–Crippen MR) is 78.3 cm³/mol. The first kappa shape index (κ1) is 11.9. The second-order valence-corrected chi connectivity index (χ2v) is 5.38. The molecule has 0 fully saturated rings. The van der Waals surface area contributed by atoms with Crippen LogP contribution in [-0.2, 0) is 5.54 Å². The highest BCUT2D eigenvalue weighted by atomic mass is 15.3. The quantitative estimate of drug-likeness (QED) is 0.760. The second-order valence-electron chi connectivity index (χ2n) is 5.38. The number of hydrogen-bond acceptors (Lipinski definition) is 2. The minimum Gasteiger partial charge on any atom is -0.322 e. The molecule has 0 radical (unpaired) electrons. The summed E-state index contributed by atoms with van der Waals surface area (Å²) < 4.78 is 1.95. The molecule has 0 spiro atoms. The van der Waals surface area contributed by atoms with E-state index in [1.807, 2.05) is 36.9 Å². The van der Waals surface area contributed by atoms with Crippen LogP contribution >= 0.6 is 0 Å². The van der Waals surface area contributed by atoms with Crippen molar-refractivity contribution in [2.45, 2.75) is 19.4 Å². The Balaban J connectivity index is 2.07. The first-order chi connectivity index (χ1) is 9.05. The minimum absolute atomic E-state index is 0.315. The van der Waals surface area contributed by atoms with Crippen LogP contribution in [0.5, 0.6) is 0 Å². The molecule has 3 heteroatoms. The summed E-state index contributed by atoms with van der Waals surface area (Å²) in [7, 11) is 0. The van der Waals surface area contributed by atoms with Crippen molar-refractivity contribution in [3.05, 3.63) is 60.3 Å². The van der Waals surface area contributed by atoms with Gasteiger partial charge >= 0.3 is 0 Å². The molecule has 0 aliphatic carbocycles. The van der Waals surface area contributed by atoms with Crippen molar-refractivity contribution in [3.8, 4) is 5.69 Å². The third-order valence-corrected chi connectivity index (χ3v) is 3.33. The number of para-hydroxylation sites is 1. The van der Waals surface area contributed by atoms with Gasteiger partial charge in [-0.05, 0) is 37.6 Å². The predicted octanol–water partition coefficient (Wildman–Crippen LogP) is 3.22. The molecule has 19 heavy (non-hydrogen) atoms. The lowest BCUT2D eigenvalue weighted by Gasteiger charge is -2.19. The molecule has 0 aliphatic heterocycles. The number of aromatic nitrogens is 2. The van der Waals surface area contributed by atoms with Gasteiger partial charge in [0.25, 0.3) is 0 Å². The standard InChI is InChI=1S/C16H17N3/c1-16(2,17)13-7-9-14(10-8-13)19-15-6-4-3-5-12(15)11-18-19/h3-11H,17H2,1-2H3. The molecule has 1 heterocycles. The van der Waals surface area contributed by atoms with Crippen LogP contribution in [0.15, 0.2) is 54.7 Å². The number of nitrogens with two attached hydrogens (primary N) is 1. The Morgan fingerprint density at radius 3 is 2.37 bits per heavy atom. The highest BCUT2D eigenvalue weighted by Gasteiger charge is 2.13. The Morgan fingerprint density at radius 2 is 1.68 bits per heavy atom. The van der Waals surface area contributed by atoms with Crippen molar-refractivity contribution >= 4 is 10.9 Å². The lowest BCUT2D eigenvalue weighted by atomic mass is 9.96. The molecule has 0 bridgehead atoms.